The van der Waals surface area contributed by atoms with Crippen LogP contribution < -0.4 is 10.1 Å². The third-order valence-electron chi connectivity index (χ3n) is 2.96. The zero-order valence-electron chi connectivity index (χ0n) is 11.9. The van der Waals surface area contributed by atoms with Crippen molar-refractivity contribution in [1.29, 1.82) is 5.26 Å². The van der Waals surface area contributed by atoms with Crippen molar-refractivity contribution >= 4 is 21.6 Å². The van der Waals surface area contributed by atoms with Crippen LogP contribution in [-0.2, 0) is 6.54 Å². The van der Waals surface area contributed by atoms with Gasteiger partial charge in [0.2, 0.25) is 0 Å². The van der Waals surface area contributed by atoms with E-state index >= 15 is 0 Å². The van der Waals surface area contributed by atoms with Crippen molar-refractivity contribution < 1.29 is 4.74 Å². The molecule has 0 spiro atoms. The average molecular weight is 345 g/mol. The van der Waals surface area contributed by atoms with Gasteiger partial charge in [0.05, 0.1) is 18.2 Å². The summed E-state index contributed by atoms with van der Waals surface area (Å²) in [5, 5.41) is 12.2. The molecule has 0 aliphatic rings. The summed E-state index contributed by atoms with van der Waals surface area (Å²) in [4.78, 5) is 0. The number of hydrogen-bond donors (Lipinski definition) is 1. The largest absolute Gasteiger partial charge is 0.493 e. The standard InChI is InChI=1S/C17H17BrN2O/c1-2-8-21-17-7-6-15(18)10-14(17)12-20-16-5-3-4-13(9-16)11-19/h3-7,9-10,20H,2,8,12H2,1H3. The first-order chi connectivity index (χ1) is 10.2. The molecule has 0 aliphatic carbocycles. The first kappa shape index (κ1) is 15.4. The fourth-order valence-electron chi connectivity index (χ4n) is 1.93. The van der Waals surface area contributed by atoms with Crippen LogP contribution in [0.25, 0.3) is 0 Å². The molecule has 0 aromatic heterocycles. The van der Waals surface area contributed by atoms with Crippen LogP contribution in [0.2, 0.25) is 0 Å². The lowest BCUT2D eigenvalue weighted by Gasteiger charge is -2.13. The smallest absolute Gasteiger partial charge is 0.124 e. The predicted molar refractivity (Wildman–Crippen MR) is 88.4 cm³/mol. The summed E-state index contributed by atoms with van der Waals surface area (Å²) in [7, 11) is 0. The molecule has 4 heteroatoms. The zero-order valence-corrected chi connectivity index (χ0v) is 13.5. The Balaban J connectivity index is 2.11. The summed E-state index contributed by atoms with van der Waals surface area (Å²) in [5.74, 6) is 0.893. The molecule has 0 unspecified atom stereocenters. The van der Waals surface area contributed by atoms with Crippen molar-refractivity contribution in [1.82, 2.24) is 0 Å². The molecule has 0 saturated carbocycles. The molecule has 2 aromatic carbocycles. The Morgan fingerprint density at radius 3 is 2.86 bits per heavy atom. The van der Waals surface area contributed by atoms with E-state index in [0.29, 0.717) is 18.7 Å². The van der Waals surface area contributed by atoms with Gasteiger partial charge in [-0.25, -0.2) is 0 Å². The third-order valence-corrected chi connectivity index (χ3v) is 3.45. The van der Waals surface area contributed by atoms with Gasteiger partial charge in [-0.15, -0.1) is 0 Å². The van der Waals surface area contributed by atoms with E-state index < -0.39 is 0 Å². The molecule has 3 nitrogen and oxygen atoms in total. The summed E-state index contributed by atoms with van der Waals surface area (Å²) in [6, 6.07) is 15.6. The Kier molecular flexibility index (Phi) is 5.65. The van der Waals surface area contributed by atoms with Gasteiger partial charge in [0.25, 0.3) is 0 Å². The summed E-state index contributed by atoms with van der Waals surface area (Å²) in [6.07, 6.45) is 0.979. The van der Waals surface area contributed by atoms with Crippen LogP contribution in [0.1, 0.15) is 24.5 Å². The van der Waals surface area contributed by atoms with Crippen LogP contribution in [0.4, 0.5) is 5.69 Å². The van der Waals surface area contributed by atoms with Crippen LogP contribution in [0.15, 0.2) is 46.9 Å². The van der Waals surface area contributed by atoms with E-state index in [0.717, 1.165) is 27.9 Å². The van der Waals surface area contributed by atoms with E-state index in [1.807, 2.05) is 36.4 Å². The van der Waals surface area contributed by atoms with E-state index in [-0.39, 0.29) is 0 Å². The van der Waals surface area contributed by atoms with Gasteiger partial charge < -0.3 is 10.1 Å². The third kappa shape index (κ3) is 4.51. The number of nitriles is 1. The average Bonchev–Trinajstić information content (AvgIpc) is 2.52. The summed E-state index contributed by atoms with van der Waals surface area (Å²) in [5.41, 5.74) is 2.66. The monoisotopic (exact) mass is 344 g/mol. The number of ether oxygens (including phenoxy) is 1. The lowest BCUT2D eigenvalue weighted by Crippen LogP contribution is -2.04. The normalized spacial score (nSPS) is 9.95. The molecule has 1 N–H and O–H groups in total. The minimum atomic E-state index is 0.646. The SMILES string of the molecule is CCCOc1ccc(Br)cc1CNc1cccc(C#N)c1. The number of rotatable bonds is 6. The van der Waals surface area contributed by atoms with Crippen LogP contribution in [-0.4, -0.2) is 6.61 Å². The number of nitrogens with zero attached hydrogens (tertiary/aromatic N) is 1. The molecule has 0 bridgehead atoms. The molecule has 0 saturated heterocycles. The Morgan fingerprint density at radius 2 is 2.10 bits per heavy atom. The van der Waals surface area contributed by atoms with Gasteiger partial charge in [-0.1, -0.05) is 28.9 Å². The minimum absolute atomic E-state index is 0.646. The van der Waals surface area contributed by atoms with Crippen molar-refractivity contribution in [3.05, 3.63) is 58.1 Å². The minimum Gasteiger partial charge on any atom is -0.493 e. The maximum Gasteiger partial charge on any atom is 0.124 e. The van der Waals surface area contributed by atoms with Gasteiger partial charge in [-0.05, 0) is 42.8 Å². The van der Waals surface area contributed by atoms with Gasteiger partial charge in [0.15, 0.2) is 0 Å². The highest BCUT2D eigenvalue weighted by molar-refractivity contribution is 9.10. The number of benzene rings is 2. The second-order valence-corrected chi connectivity index (χ2v) is 5.56. The van der Waals surface area contributed by atoms with Crippen molar-refractivity contribution in [2.75, 3.05) is 11.9 Å². The Bertz CT molecular complexity index is 649. The number of hydrogen-bond acceptors (Lipinski definition) is 3. The van der Waals surface area contributed by atoms with Gasteiger partial charge in [-0.3, -0.25) is 0 Å². The van der Waals surface area contributed by atoms with Gasteiger partial charge in [-0.2, -0.15) is 5.26 Å². The van der Waals surface area contributed by atoms with Crippen LogP contribution in [0, 0.1) is 11.3 Å². The van der Waals surface area contributed by atoms with E-state index in [1.165, 1.54) is 0 Å². The highest BCUT2D eigenvalue weighted by Crippen LogP contribution is 2.24. The molecule has 2 aromatic rings. The van der Waals surface area contributed by atoms with Crippen LogP contribution >= 0.6 is 15.9 Å². The molecule has 108 valence electrons. The van der Waals surface area contributed by atoms with Crippen molar-refractivity contribution in [2.24, 2.45) is 0 Å². The molecule has 0 radical (unpaired) electrons. The van der Waals surface area contributed by atoms with E-state index in [9.17, 15) is 0 Å². The molecular formula is C17H17BrN2O. The first-order valence-corrected chi connectivity index (χ1v) is 7.67. The molecule has 0 heterocycles. The Labute approximate surface area is 133 Å². The fourth-order valence-corrected chi connectivity index (χ4v) is 2.34. The molecular weight excluding hydrogens is 328 g/mol. The second-order valence-electron chi connectivity index (χ2n) is 4.65. The van der Waals surface area contributed by atoms with Crippen molar-refractivity contribution in [3.8, 4) is 11.8 Å². The van der Waals surface area contributed by atoms with Gasteiger partial charge in [0, 0.05) is 22.3 Å². The lowest BCUT2D eigenvalue weighted by atomic mass is 10.1. The lowest BCUT2D eigenvalue weighted by molar-refractivity contribution is 0.314. The van der Waals surface area contributed by atoms with Crippen LogP contribution in [0.5, 0.6) is 5.75 Å². The fraction of sp³-hybridized carbons (Fsp3) is 0.235. The van der Waals surface area contributed by atoms with E-state index in [1.54, 1.807) is 6.07 Å². The number of nitrogens with one attached hydrogen (secondary N) is 1. The molecule has 0 atom stereocenters. The van der Waals surface area contributed by atoms with Gasteiger partial charge >= 0.3 is 0 Å². The summed E-state index contributed by atoms with van der Waals surface area (Å²) >= 11 is 3.49. The zero-order chi connectivity index (χ0) is 15.1. The molecule has 0 aliphatic heterocycles. The first-order valence-electron chi connectivity index (χ1n) is 6.88. The molecule has 2 rings (SSSR count). The van der Waals surface area contributed by atoms with Crippen molar-refractivity contribution in [3.63, 3.8) is 0 Å². The number of anilines is 1. The molecule has 21 heavy (non-hydrogen) atoms. The maximum absolute atomic E-state index is 8.92. The highest BCUT2D eigenvalue weighted by Gasteiger charge is 2.05. The molecule has 0 amide bonds. The molecule has 0 fully saturated rings. The number of halogens is 1. The predicted octanol–water partition coefficient (Wildman–Crippen LogP) is 4.72. The van der Waals surface area contributed by atoms with Gasteiger partial charge in [0.1, 0.15) is 5.75 Å². The Morgan fingerprint density at radius 1 is 1.24 bits per heavy atom. The van der Waals surface area contributed by atoms with E-state index in [4.69, 9.17) is 10.00 Å². The summed E-state index contributed by atoms with van der Waals surface area (Å²) in [6.45, 7) is 3.44. The summed E-state index contributed by atoms with van der Waals surface area (Å²) < 4.78 is 6.78. The second kappa shape index (κ2) is 7.70. The topological polar surface area (TPSA) is 45.0 Å². The van der Waals surface area contributed by atoms with Crippen LogP contribution in [0.3, 0.4) is 0 Å². The Hall–Kier alpha value is -1.99. The maximum atomic E-state index is 8.92. The highest BCUT2D eigenvalue weighted by atomic mass is 79.9. The van der Waals surface area contributed by atoms with Crippen molar-refractivity contribution in [2.45, 2.75) is 19.9 Å². The quantitative estimate of drug-likeness (QED) is 0.824. The van der Waals surface area contributed by atoms with E-state index in [2.05, 4.69) is 34.2 Å².